The molecule has 1 aromatic heterocycles. The van der Waals surface area contributed by atoms with E-state index in [1.54, 1.807) is 6.07 Å². The highest BCUT2D eigenvalue weighted by molar-refractivity contribution is 7.73. The summed E-state index contributed by atoms with van der Waals surface area (Å²) in [6, 6.07) is 2.77. The lowest BCUT2D eigenvalue weighted by molar-refractivity contribution is 0.215. The lowest BCUT2D eigenvalue weighted by Gasteiger charge is -2.16. The Bertz CT molecular complexity index is 884. The van der Waals surface area contributed by atoms with Crippen LogP contribution in [-0.2, 0) is 17.9 Å². The van der Waals surface area contributed by atoms with Crippen LogP contribution in [0.2, 0.25) is 5.02 Å². The molecule has 0 fully saturated rings. The first-order chi connectivity index (χ1) is 11.1. The average molecular weight is 373 g/mol. The second-order valence-corrected chi connectivity index (χ2v) is 6.97. The van der Waals surface area contributed by atoms with Gasteiger partial charge in [-0.05, 0) is 37.2 Å². The van der Waals surface area contributed by atoms with Crippen molar-refractivity contribution in [2.75, 3.05) is 7.11 Å². The predicted molar refractivity (Wildman–Crippen MR) is 91.6 cm³/mol. The molecule has 2 aromatic rings. The zero-order valence-corrected chi connectivity index (χ0v) is 14.7. The molecule has 5 nitrogen and oxygen atoms in total. The lowest BCUT2D eigenvalue weighted by atomic mass is 10.2. The van der Waals surface area contributed by atoms with Crippen molar-refractivity contribution in [2.24, 2.45) is 10.1 Å². The molecule has 0 spiro atoms. The van der Waals surface area contributed by atoms with Gasteiger partial charge in [0.15, 0.2) is 3.95 Å². The number of halogens is 2. The number of oxime groups is 1. The number of hydrogen-bond donors (Lipinski definition) is 0. The molecule has 3 rings (SSSR count). The number of fused-ring (bicyclic) bond motifs is 1. The highest BCUT2D eigenvalue weighted by Crippen LogP contribution is 2.25. The minimum Gasteiger partial charge on any atom is -0.399 e. The van der Waals surface area contributed by atoms with E-state index in [0.717, 1.165) is 29.9 Å². The van der Waals surface area contributed by atoms with Gasteiger partial charge < -0.3 is 4.84 Å². The van der Waals surface area contributed by atoms with E-state index >= 15 is 0 Å². The Hall–Kier alpha value is -1.51. The Labute approximate surface area is 146 Å². The molecule has 0 bridgehead atoms. The van der Waals surface area contributed by atoms with E-state index in [2.05, 4.69) is 15.0 Å². The summed E-state index contributed by atoms with van der Waals surface area (Å²) < 4.78 is 19.0. The third-order valence-corrected chi connectivity index (χ3v) is 5.13. The summed E-state index contributed by atoms with van der Waals surface area (Å²) in [5.41, 5.74) is 0.736. The summed E-state index contributed by atoms with van der Waals surface area (Å²) in [7, 11) is 1.43. The number of aromatic nitrogens is 2. The van der Waals surface area contributed by atoms with Crippen molar-refractivity contribution < 1.29 is 9.23 Å². The largest absolute Gasteiger partial charge is 0.399 e. The fraction of sp³-hybridized carbons (Fsp3) is 0.357. The Morgan fingerprint density at radius 3 is 2.83 bits per heavy atom. The van der Waals surface area contributed by atoms with Crippen molar-refractivity contribution in [1.82, 2.24) is 9.36 Å². The van der Waals surface area contributed by atoms with Crippen LogP contribution in [-0.4, -0.2) is 22.7 Å². The molecule has 0 saturated heterocycles. The van der Waals surface area contributed by atoms with Crippen molar-refractivity contribution in [3.63, 3.8) is 0 Å². The Morgan fingerprint density at radius 2 is 2.09 bits per heavy atom. The van der Waals surface area contributed by atoms with Gasteiger partial charge in [0.05, 0.1) is 11.2 Å². The normalized spacial score (nSPS) is 15.2. The molecule has 0 N–H and O–H groups in total. The minimum absolute atomic E-state index is 0.199. The van der Waals surface area contributed by atoms with Crippen LogP contribution in [0.1, 0.15) is 18.4 Å². The van der Waals surface area contributed by atoms with Crippen molar-refractivity contribution in [3.8, 4) is 0 Å². The molecule has 2 heterocycles. The third-order valence-electron chi connectivity index (χ3n) is 3.47. The van der Waals surface area contributed by atoms with Gasteiger partial charge in [0.25, 0.3) is 0 Å². The summed E-state index contributed by atoms with van der Waals surface area (Å²) in [6.07, 6.45) is 3.58. The van der Waals surface area contributed by atoms with Gasteiger partial charge in [-0.15, -0.1) is 0 Å². The van der Waals surface area contributed by atoms with Crippen LogP contribution in [0.15, 0.2) is 22.3 Å². The van der Waals surface area contributed by atoms with E-state index in [1.165, 1.54) is 30.7 Å². The monoisotopic (exact) mass is 372 g/mol. The molecular weight excluding hydrogens is 359 g/mol. The van der Waals surface area contributed by atoms with E-state index in [9.17, 15) is 4.39 Å². The summed E-state index contributed by atoms with van der Waals surface area (Å²) in [4.78, 5) is 9.76. The molecule has 0 amide bonds. The molecule has 0 aliphatic carbocycles. The van der Waals surface area contributed by atoms with Gasteiger partial charge in [0, 0.05) is 18.7 Å². The Balaban J connectivity index is 2.13. The standard InChI is InChI=1S/C14H14ClFN4OS2/c1-21-17-8-9-6-12(11(16)7-10(9)15)18-13-19-4-2-3-5-20(19)14(22)23-13/h6-8H,2-5H2,1H3/b17-8+,18-13?. The topological polar surface area (TPSA) is 43.8 Å². The first-order valence-corrected chi connectivity index (χ1v) is 8.61. The van der Waals surface area contributed by atoms with Crippen molar-refractivity contribution in [2.45, 2.75) is 25.9 Å². The number of benzene rings is 1. The highest BCUT2D eigenvalue weighted by atomic mass is 35.5. The van der Waals surface area contributed by atoms with E-state index < -0.39 is 5.82 Å². The summed E-state index contributed by atoms with van der Waals surface area (Å²) in [5, 5.41) is 3.91. The SMILES string of the molecule is CO/N=C/c1cc(N=c2sc(=S)n3n2CCCC3)c(F)cc1Cl. The first-order valence-electron chi connectivity index (χ1n) is 7.01. The minimum atomic E-state index is -0.487. The highest BCUT2D eigenvalue weighted by Gasteiger charge is 2.12. The van der Waals surface area contributed by atoms with E-state index in [1.807, 2.05) is 9.36 Å². The third kappa shape index (κ3) is 3.39. The second-order valence-electron chi connectivity index (χ2n) is 4.96. The van der Waals surface area contributed by atoms with Crippen LogP contribution in [0, 0.1) is 9.77 Å². The molecule has 0 saturated carbocycles. The van der Waals surface area contributed by atoms with Gasteiger partial charge >= 0.3 is 0 Å². The Morgan fingerprint density at radius 1 is 1.35 bits per heavy atom. The maximum absolute atomic E-state index is 14.2. The average Bonchev–Trinajstić information content (AvgIpc) is 2.85. The molecule has 1 aliphatic heterocycles. The van der Waals surface area contributed by atoms with Crippen molar-refractivity contribution in [3.05, 3.63) is 37.3 Å². The number of rotatable bonds is 3. The summed E-state index contributed by atoms with van der Waals surface area (Å²) in [6.45, 7) is 1.71. The van der Waals surface area contributed by atoms with E-state index in [-0.39, 0.29) is 10.7 Å². The molecule has 9 heteroatoms. The van der Waals surface area contributed by atoms with Gasteiger partial charge in [-0.3, -0.25) is 9.36 Å². The van der Waals surface area contributed by atoms with Gasteiger partial charge in [-0.25, -0.2) is 9.38 Å². The molecule has 23 heavy (non-hydrogen) atoms. The van der Waals surface area contributed by atoms with Crippen LogP contribution >= 0.6 is 35.2 Å². The first kappa shape index (κ1) is 16.4. The van der Waals surface area contributed by atoms with Crippen LogP contribution in [0.3, 0.4) is 0 Å². The fourth-order valence-corrected chi connectivity index (χ4v) is 3.87. The quantitative estimate of drug-likeness (QED) is 0.466. The fourth-order valence-electron chi connectivity index (χ4n) is 2.37. The van der Waals surface area contributed by atoms with Crippen molar-refractivity contribution >= 4 is 47.1 Å². The van der Waals surface area contributed by atoms with Crippen LogP contribution in [0.5, 0.6) is 0 Å². The zero-order valence-electron chi connectivity index (χ0n) is 12.3. The van der Waals surface area contributed by atoms with E-state index in [4.69, 9.17) is 23.8 Å². The predicted octanol–water partition coefficient (Wildman–Crippen LogP) is 3.88. The Kier molecular flexibility index (Phi) is 4.93. The second kappa shape index (κ2) is 6.94. The maximum atomic E-state index is 14.2. The lowest BCUT2D eigenvalue weighted by Crippen LogP contribution is -2.27. The molecule has 1 aromatic carbocycles. The van der Waals surface area contributed by atoms with Crippen LogP contribution in [0.25, 0.3) is 0 Å². The van der Waals surface area contributed by atoms with Crippen LogP contribution in [0.4, 0.5) is 10.1 Å². The van der Waals surface area contributed by atoms with Crippen molar-refractivity contribution in [1.29, 1.82) is 0 Å². The maximum Gasteiger partial charge on any atom is 0.207 e. The number of hydrogen-bond acceptors (Lipinski definition) is 5. The smallest absolute Gasteiger partial charge is 0.207 e. The molecule has 1 aliphatic rings. The van der Waals surface area contributed by atoms with E-state index in [0.29, 0.717) is 10.4 Å². The molecule has 0 atom stereocenters. The van der Waals surface area contributed by atoms with Gasteiger partial charge in [0.1, 0.15) is 18.6 Å². The van der Waals surface area contributed by atoms with Crippen LogP contribution < -0.4 is 4.80 Å². The zero-order chi connectivity index (χ0) is 16.4. The molecular formula is C14H14ClFN4OS2. The molecule has 122 valence electrons. The summed E-state index contributed by atoms with van der Waals surface area (Å²) in [5.74, 6) is -0.487. The molecule has 0 radical (unpaired) electrons. The number of nitrogens with zero attached hydrogens (tertiary/aromatic N) is 4. The summed E-state index contributed by atoms with van der Waals surface area (Å²) >= 11 is 12.7. The van der Waals surface area contributed by atoms with Gasteiger partial charge in [-0.1, -0.05) is 28.1 Å². The van der Waals surface area contributed by atoms with Gasteiger partial charge in [0.2, 0.25) is 4.80 Å². The van der Waals surface area contributed by atoms with Gasteiger partial charge in [-0.2, -0.15) is 0 Å². The molecule has 0 unspecified atom stereocenters.